The Morgan fingerprint density at radius 3 is 2.62 bits per heavy atom. The van der Waals surface area contributed by atoms with E-state index in [0.29, 0.717) is 23.5 Å². The Hall–Kier alpha value is -1.07. The second-order valence-corrected chi connectivity index (χ2v) is 6.41. The zero-order valence-electron chi connectivity index (χ0n) is 9.14. The van der Waals surface area contributed by atoms with Crippen LogP contribution in [0, 0.1) is 0 Å². The minimum atomic E-state index is -3.32. The largest absolute Gasteiger partial charge is 0.497 e. The summed E-state index contributed by atoms with van der Waals surface area (Å²) in [7, 11) is -1.80. The van der Waals surface area contributed by atoms with Crippen molar-refractivity contribution in [1.82, 2.24) is 0 Å². The molecule has 1 aliphatic rings. The van der Waals surface area contributed by atoms with Gasteiger partial charge in [-0.15, -0.1) is 0 Å². The molecule has 0 aliphatic heterocycles. The Labute approximate surface area is 95.3 Å². The van der Waals surface area contributed by atoms with Gasteiger partial charge in [0, 0.05) is 6.54 Å². The first-order valence-electron chi connectivity index (χ1n) is 5.14. The number of benzene rings is 1. The van der Waals surface area contributed by atoms with Gasteiger partial charge in [0.1, 0.15) is 5.75 Å². The van der Waals surface area contributed by atoms with Gasteiger partial charge in [-0.25, -0.2) is 8.42 Å². The lowest BCUT2D eigenvalue weighted by atomic mass is 10.3. The van der Waals surface area contributed by atoms with Crippen molar-refractivity contribution < 1.29 is 13.2 Å². The van der Waals surface area contributed by atoms with Crippen molar-refractivity contribution in [2.75, 3.05) is 13.7 Å². The van der Waals surface area contributed by atoms with Gasteiger partial charge in [0.2, 0.25) is 0 Å². The van der Waals surface area contributed by atoms with Crippen LogP contribution in [-0.2, 0) is 9.84 Å². The van der Waals surface area contributed by atoms with Crippen molar-refractivity contribution >= 4 is 9.84 Å². The van der Waals surface area contributed by atoms with E-state index in [0.717, 1.165) is 0 Å². The summed E-state index contributed by atoms with van der Waals surface area (Å²) in [5.41, 5.74) is 5.55. The van der Waals surface area contributed by atoms with E-state index in [-0.39, 0.29) is 6.54 Å². The van der Waals surface area contributed by atoms with Gasteiger partial charge in [0.25, 0.3) is 0 Å². The zero-order valence-corrected chi connectivity index (χ0v) is 9.96. The number of ether oxygens (including phenoxy) is 1. The molecule has 0 saturated heterocycles. The van der Waals surface area contributed by atoms with E-state index >= 15 is 0 Å². The molecular weight excluding hydrogens is 226 g/mol. The average Bonchev–Trinajstić information content (AvgIpc) is 3.10. The molecule has 0 unspecified atom stereocenters. The molecule has 0 heterocycles. The number of methoxy groups -OCH3 is 1. The summed E-state index contributed by atoms with van der Waals surface area (Å²) < 4.78 is 28.9. The van der Waals surface area contributed by atoms with Crippen LogP contribution in [0.5, 0.6) is 5.75 Å². The van der Waals surface area contributed by atoms with Gasteiger partial charge in [0.15, 0.2) is 9.84 Å². The lowest BCUT2D eigenvalue weighted by Gasteiger charge is -2.14. The molecule has 0 radical (unpaired) electrons. The molecule has 1 saturated carbocycles. The standard InChI is InChI=1S/C11H15NO3S/c1-15-9-3-2-4-10(7-9)16(13,14)11(8-12)5-6-11/h2-4,7H,5-6,8,12H2,1H3. The fourth-order valence-electron chi connectivity index (χ4n) is 1.74. The molecule has 0 atom stereocenters. The van der Waals surface area contributed by atoms with E-state index in [9.17, 15) is 8.42 Å². The highest BCUT2D eigenvalue weighted by molar-refractivity contribution is 7.93. The van der Waals surface area contributed by atoms with Gasteiger partial charge in [0.05, 0.1) is 16.8 Å². The van der Waals surface area contributed by atoms with Crippen LogP contribution in [-0.4, -0.2) is 26.8 Å². The maximum absolute atomic E-state index is 12.3. The van der Waals surface area contributed by atoms with Crippen molar-refractivity contribution in [3.8, 4) is 5.75 Å². The molecule has 16 heavy (non-hydrogen) atoms. The summed E-state index contributed by atoms with van der Waals surface area (Å²) in [5, 5.41) is 0. The number of hydrogen-bond donors (Lipinski definition) is 1. The fourth-order valence-corrected chi connectivity index (χ4v) is 3.63. The molecule has 0 bridgehead atoms. The highest BCUT2D eigenvalue weighted by atomic mass is 32.2. The second-order valence-electron chi connectivity index (χ2n) is 4.07. The van der Waals surface area contributed by atoms with Gasteiger partial charge >= 0.3 is 0 Å². The van der Waals surface area contributed by atoms with Gasteiger partial charge < -0.3 is 10.5 Å². The molecule has 2 rings (SSSR count). The molecule has 4 nitrogen and oxygen atoms in total. The van der Waals surface area contributed by atoms with E-state index in [1.165, 1.54) is 7.11 Å². The van der Waals surface area contributed by atoms with Crippen molar-refractivity contribution in [1.29, 1.82) is 0 Å². The van der Waals surface area contributed by atoms with Gasteiger partial charge in [-0.1, -0.05) is 6.07 Å². The first kappa shape index (κ1) is 11.4. The normalized spacial score (nSPS) is 18.1. The predicted octanol–water partition coefficient (Wildman–Crippen LogP) is 0.960. The molecule has 0 spiro atoms. The summed E-state index contributed by atoms with van der Waals surface area (Å²) in [6, 6.07) is 6.54. The molecule has 0 aromatic heterocycles. The Bertz CT molecular complexity index is 492. The van der Waals surface area contributed by atoms with E-state index in [1.807, 2.05) is 0 Å². The van der Waals surface area contributed by atoms with E-state index in [1.54, 1.807) is 24.3 Å². The molecule has 1 fully saturated rings. The number of sulfone groups is 1. The Morgan fingerprint density at radius 2 is 2.12 bits per heavy atom. The maximum atomic E-state index is 12.3. The van der Waals surface area contributed by atoms with Crippen LogP contribution in [0.25, 0.3) is 0 Å². The minimum absolute atomic E-state index is 0.187. The number of hydrogen-bond acceptors (Lipinski definition) is 4. The molecule has 2 N–H and O–H groups in total. The third-order valence-electron chi connectivity index (χ3n) is 3.10. The Morgan fingerprint density at radius 1 is 1.44 bits per heavy atom. The van der Waals surface area contributed by atoms with Crippen LogP contribution >= 0.6 is 0 Å². The lowest BCUT2D eigenvalue weighted by molar-refractivity contribution is 0.413. The highest BCUT2D eigenvalue weighted by Crippen LogP contribution is 2.46. The van der Waals surface area contributed by atoms with Crippen LogP contribution < -0.4 is 10.5 Å². The predicted molar refractivity (Wildman–Crippen MR) is 61.2 cm³/mol. The first-order valence-corrected chi connectivity index (χ1v) is 6.63. The van der Waals surface area contributed by atoms with Crippen LogP contribution in [0.3, 0.4) is 0 Å². The summed E-state index contributed by atoms with van der Waals surface area (Å²) in [5.74, 6) is 0.550. The van der Waals surface area contributed by atoms with Crippen molar-refractivity contribution in [3.05, 3.63) is 24.3 Å². The van der Waals surface area contributed by atoms with Crippen molar-refractivity contribution in [3.63, 3.8) is 0 Å². The van der Waals surface area contributed by atoms with Crippen molar-refractivity contribution in [2.24, 2.45) is 5.73 Å². The van der Waals surface area contributed by atoms with E-state index in [4.69, 9.17) is 10.5 Å². The van der Waals surface area contributed by atoms with Crippen LogP contribution in [0.15, 0.2) is 29.2 Å². The molecule has 0 amide bonds. The van der Waals surface area contributed by atoms with Gasteiger partial charge in [-0.3, -0.25) is 0 Å². The molecular formula is C11H15NO3S. The first-order chi connectivity index (χ1) is 7.55. The SMILES string of the molecule is COc1cccc(S(=O)(=O)C2(CN)CC2)c1. The molecule has 1 aliphatic carbocycles. The molecule has 1 aromatic carbocycles. The van der Waals surface area contributed by atoms with E-state index < -0.39 is 14.6 Å². The Kier molecular flexibility index (Phi) is 2.67. The van der Waals surface area contributed by atoms with Gasteiger partial charge in [-0.2, -0.15) is 0 Å². The topological polar surface area (TPSA) is 69.4 Å². The van der Waals surface area contributed by atoms with E-state index in [2.05, 4.69) is 0 Å². The third-order valence-corrected chi connectivity index (χ3v) is 5.69. The number of rotatable bonds is 4. The Balaban J connectivity index is 2.44. The fraction of sp³-hybridized carbons (Fsp3) is 0.455. The van der Waals surface area contributed by atoms with Crippen LogP contribution in [0.1, 0.15) is 12.8 Å². The monoisotopic (exact) mass is 241 g/mol. The maximum Gasteiger partial charge on any atom is 0.185 e. The highest BCUT2D eigenvalue weighted by Gasteiger charge is 2.53. The lowest BCUT2D eigenvalue weighted by Crippen LogP contribution is -2.31. The zero-order chi connectivity index (χ0) is 11.8. The smallest absolute Gasteiger partial charge is 0.185 e. The second kappa shape index (κ2) is 3.75. The van der Waals surface area contributed by atoms with Gasteiger partial charge in [-0.05, 0) is 31.0 Å². The summed E-state index contributed by atoms with van der Waals surface area (Å²) in [4.78, 5) is 0.301. The van der Waals surface area contributed by atoms with Crippen molar-refractivity contribution in [2.45, 2.75) is 22.5 Å². The quantitative estimate of drug-likeness (QED) is 0.852. The van der Waals surface area contributed by atoms with Crippen LogP contribution in [0.4, 0.5) is 0 Å². The third kappa shape index (κ3) is 1.60. The molecule has 5 heteroatoms. The summed E-state index contributed by atoms with van der Waals surface area (Å²) >= 11 is 0. The summed E-state index contributed by atoms with van der Waals surface area (Å²) in [6.07, 6.45) is 1.31. The number of nitrogens with two attached hydrogens (primary N) is 1. The molecule has 1 aromatic rings. The summed E-state index contributed by atoms with van der Waals surface area (Å²) in [6.45, 7) is 0.187. The van der Waals surface area contributed by atoms with Crippen LogP contribution in [0.2, 0.25) is 0 Å². The molecule has 88 valence electrons. The average molecular weight is 241 g/mol. The minimum Gasteiger partial charge on any atom is -0.497 e.